The van der Waals surface area contributed by atoms with Crippen LogP contribution in [0.3, 0.4) is 0 Å². The number of carbonyl (C=O) groups is 2. The van der Waals surface area contributed by atoms with Crippen LogP contribution in [-0.2, 0) is 19.1 Å². The number of hydrogen-bond donors (Lipinski definition) is 2. The van der Waals surface area contributed by atoms with E-state index >= 15 is 0 Å². The lowest BCUT2D eigenvalue weighted by Crippen LogP contribution is -2.45. The van der Waals surface area contributed by atoms with Crippen molar-refractivity contribution < 1.29 is 33.3 Å². The standard InChI is InChI=1S/C31H28N2O8S/c1-38-31(37)22(16-34)32-26(36)17-40-24-10-9-19(30-28(24)21-5-2-3-8-25(21)42-30)18-6-4-7-20-23(35)15-27(41-29(18)20)33-11-13-39-14-12-33/h2-10,15,22,34H,11-14,16-17H2,1H3,(H,32,36)/t22-/m0/s1. The number of amides is 1. The first-order valence-electron chi connectivity index (χ1n) is 13.4. The Balaban J connectivity index is 1.43. The van der Waals surface area contributed by atoms with Gasteiger partial charge in [0.15, 0.2) is 24.0 Å². The van der Waals surface area contributed by atoms with Gasteiger partial charge in [0.2, 0.25) is 0 Å². The highest BCUT2D eigenvalue weighted by Gasteiger charge is 2.23. The topological polar surface area (TPSA) is 128 Å². The smallest absolute Gasteiger partial charge is 0.330 e. The van der Waals surface area contributed by atoms with Gasteiger partial charge in [0, 0.05) is 50.5 Å². The Kier molecular flexibility index (Phi) is 7.79. The average molecular weight is 589 g/mol. The largest absolute Gasteiger partial charge is 0.483 e. The van der Waals surface area contributed by atoms with Gasteiger partial charge >= 0.3 is 5.97 Å². The fourth-order valence-corrected chi connectivity index (χ4v) is 6.39. The number of thiophene rings is 1. The summed E-state index contributed by atoms with van der Waals surface area (Å²) in [5, 5.41) is 14.1. The van der Waals surface area contributed by atoms with E-state index in [2.05, 4.69) is 10.1 Å². The minimum absolute atomic E-state index is 0.119. The molecule has 1 saturated heterocycles. The molecule has 1 fully saturated rings. The monoisotopic (exact) mass is 588 g/mol. The van der Waals surface area contributed by atoms with Crippen LogP contribution >= 0.6 is 11.3 Å². The summed E-state index contributed by atoms with van der Waals surface area (Å²) in [4.78, 5) is 39.5. The van der Waals surface area contributed by atoms with Crippen LogP contribution in [0.15, 0.2) is 69.9 Å². The molecule has 6 rings (SSSR count). The minimum Gasteiger partial charge on any atom is -0.483 e. The Labute approximate surface area is 244 Å². The van der Waals surface area contributed by atoms with Gasteiger partial charge in [-0.05, 0) is 24.3 Å². The molecule has 0 radical (unpaired) electrons. The van der Waals surface area contributed by atoms with E-state index in [-0.39, 0.29) is 12.0 Å². The number of nitrogens with one attached hydrogen (secondary N) is 1. The first-order chi connectivity index (χ1) is 20.5. The van der Waals surface area contributed by atoms with Crippen molar-refractivity contribution in [2.24, 2.45) is 0 Å². The predicted octanol–water partition coefficient (Wildman–Crippen LogP) is 3.69. The predicted molar refractivity (Wildman–Crippen MR) is 160 cm³/mol. The van der Waals surface area contributed by atoms with E-state index in [1.807, 2.05) is 47.4 Å². The van der Waals surface area contributed by atoms with Crippen LogP contribution in [0.2, 0.25) is 0 Å². The molecular weight excluding hydrogens is 560 g/mol. The summed E-state index contributed by atoms with van der Waals surface area (Å²) in [6.07, 6.45) is 0. The summed E-state index contributed by atoms with van der Waals surface area (Å²) >= 11 is 1.58. The highest BCUT2D eigenvalue weighted by molar-refractivity contribution is 7.26. The summed E-state index contributed by atoms with van der Waals surface area (Å²) in [6.45, 7) is 1.42. The van der Waals surface area contributed by atoms with Crippen molar-refractivity contribution in [2.45, 2.75) is 6.04 Å². The molecule has 216 valence electrons. The highest BCUT2D eigenvalue weighted by atomic mass is 32.1. The number of aliphatic hydroxyl groups excluding tert-OH is 1. The number of methoxy groups -OCH3 is 1. The van der Waals surface area contributed by atoms with E-state index in [4.69, 9.17) is 13.9 Å². The second kappa shape index (κ2) is 11.8. The first-order valence-corrected chi connectivity index (χ1v) is 14.2. The van der Waals surface area contributed by atoms with E-state index in [1.54, 1.807) is 23.5 Å². The fourth-order valence-electron chi connectivity index (χ4n) is 5.15. The van der Waals surface area contributed by atoms with Crippen LogP contribution < -0.4 is 20.4 Å². The van der Waals surface area contributed by atoms with Gasteiger partial charge in [0.1, 0.15) is 11.3 Å². The maximum atomic E-state index is 13.2. The van der Waals surface area contributed by atoms with Gasteiger partial charge in [-0.1, -0.05) is 30.3 Å². The Morgan fingerprint density at radius 2 is 1.83 bits per heavy atom. The first kappa shape index (κ1) is 27.7. The lowest BCUT2D eigenvalue weighted by Gasteiger charge is -2.27. The number of aliphatic hydroxyl groups is 1. The number of ether oxygens (including phenoxy) is 3. The van der Waals surface area contributed by atoms with Crippen LogP contribution in [-0.4, -0.2) is 69.7 Å². The molecule has 5 aromatic rings. The molecule has 0 spiro atoms. The maximum absolute atomic E-state index is 13.2. The number of fused-ring (bicyclic) bond motifs is 4. The van der Waals surface area contributed by atoms with Gasteiger partial charge in [0.25, 0.3) is 5.91 Å². The summed E-state index contributed by atoms with van der Waals surface area (Å²) in [5.74, 6) is -0.340. The minimum atomic E-state index is -1.18. The van der Waals surface area contributed by atoms with Gasteiger partial charge < -0.3 is 34.0 Å². The van der Waals surface area contributed by atoms with E-state index in [1.165, 1.54) is 13.2 Å². The van der Waals surface area contributed by atoms with Crippen molar-refractivity contribution in [1.29, 1.82) is 0 Å². The summed E-state index contributed by atoms with van der Waals surface area (Å²) in [5.41, 5.74) is 2.01. The van der Waals surface area contributed by atoms with Gasteiger partial charge in [0.05, 0.1) is 32.3 Å². The second-order valence-corrected chi connectivity index (χ2v) is 10.8. The molecule has 2 aromatic heterocycles. The Hall–Kier alpha value is -4.45. The normalized spacial score (nSPS) is 14.3. The molecule has 42 heavy (non-hydrogen) atoms. The van der Waals surface area contributed by atoms with Gasteiger partial charge in [-0.3, -0.25) is 9.59 Å². The van der Waals surface area contributed by atoms with Crippen molar-refractivity contribution in [2.75, 3.05) is 51.5 Å². The van der Waals surface area contributed by atoms with E-state index < -0.39 is 24.5 Å². The number of anilines is 1. The second-order valence-electron chi connectivity index (χ2n) is 9.76. The Morgan fingerprint density at radius 1 is 1.05 bits per heavy atom. The van der Waals surface area contributed by atoms with Crippen LogP contribution in [0.1, 0.15) is 0 Å². The Bertz CT molecular complexity index is 1860. The van der Waals surface area contributed by atoms with E-state index in [0.29, 0.717) is 48.9 Å². The zero-order chi connectivity index (χ0) is 29.2. The molecule has 0 aliphatic carbocycles. The molecule has 2 N–H and O–H groups in total. The highest BCUT2D eigenvalue weighted by Crippen LogP contribution is 2.45. The van der Waals surface area contributed by atoms with Crippen molar-refractivity contribution >= 4 is 60.2 Å². The third-order valence-corrected chi connectivity index (χ3v) is 8.41. The average Bonchev–Trinajstić information content (AvgIpc) is 3.42. The molecule has 3 heterocycles. The molecule has 1 aliphatic heterocycles. The molecule has 0 saturated carbocycles. The van der Waals surface area contributed by atoms with Crippen molar-refractivity contribution in [3.8, 4) is 16.9 Å². The zero-order valence-electron chi connectivity index (χ0n) is 22.8. The SMILES string of the molecule is COC(=O)[C@H](CO)NC(=O)COc1ccc(-c2cccc3c(=O)cc(N4CCOCC4)oc23)c2sc3ccccc3c12. The zero-order valence-corrected chi connectivity index (χ0v) is 23.6. The number of morpholine rings is 1. The molecule has 0 bridgehead atoms. The number of esters is 1. The third-order valence-electron chi connectivity index (χ3n) is 7.20. The summed E-state index contributed by atoms with van der Waals surface area (Å²) in [6, 6.07) is 17.5. The number of benzene rings is 3. The Morgan fingerprint density at radius 3 is 2.62 bits per heavy atom. The molecule has 11 heteroatoms. The van der Waals surface area contributed by atoms with Crippen molar-refractivity contribution in [3.63, 3.8) is 0 Å². The van der Waals surface area contributed by atoms with Crippen LogP contribution in [0.5, 0.6) is 5.75 Å². The summed E-state index contributed by atoms with van der Waals surface area (Å²) in [7, 11) is 1.18. The molecule has 1 aliphatic rings. The van der Waals surface area contributed by atoms with Gasteiger partial charge in [-0.25, -0.2) is 4.79 Å². The quantitative estimate of drug-likeness (QED) is 0.261. The fraction of sp³-hybridized carbons (Fsp3) is 0.258. The van der Waals surface area contributed by atoms with Gasteiger partial charge in [-0.15, -0.1) is 11.3 Å². The molecule has 1 atom stereocenters. The molecular formula is C31H28N2O8S. The van der Waals surface area contributed by atoms with Crippen molar-refractivity contribution in [1.82, 2.24) is 5.32 Å². The molecule has 10 nitrogen and oxygen atoms in total. The molecule has 3 aromatic carbocycles. The van der Waals surface area contributed by atoms with Crippen LogP contribution in [0.25, 0.3) is 42.3 Å². The maximum Gasteiger partial charge on any atom is 0.330 e. The number of nitrogens with zero attached hydrogens (tertiary/aromatic N) is 1. The lowest BCUT2D eigenvalue weighted by molar-refractivity contribution is -0.146. The molecule has 0 unspecified atom stereocenters. The summed E-state index contributed by atoms with van der Waals surface area (Å²) < 4.78 is 24.4. The van der Waals surface area contributed by atoms with Crippen LogP contribution in [0.4, 0.5) is 5.88 Å². The van der Waals surface area contributed by atoms with Crippen LogP contribution in [0, 0.1) is 0 Å². The molecule has 1 amide bonds. The number of carbonyl (C=O) groups excluding carboxylic acids is 2. The number of rotatable bonds is 8. The third kappa shape index (κ3) is 5.18. The van der Waals surface area contributed by atoms with E-state index in [0.717, 1.165) is 31.3 Å². The lowest BCUT2D eigenvalue weighted by atomic mass is 10.00. The van der Waals surface area contributed by atoms with E-state index in [9.17, 15) is 19.5 Å². The van der Waals surface area contributed by atoms with Gasteiger partial charge in [-0.2, -0.15) is 0 Å². The van der Waals surface area contributed by atoms with Crippen molar-refractivity contribution in [3.05, 3.63) is 70.9 Å². The number of hydrogen-bond acceptors (Lipinski definition) is 10. The number of para-hydroxylation sites is 1.